The average molecular weight is 347 g/mol. The van der Waals surface area contributed by atoms with Crippen LogP contribution >= 0.6 is 23.2 Å². The Bertz CT molecular complexity index is 665. The summed E-state index contributed by atoms with van der Waals surface area (Å²) >= 11 is 12.5. The number of carbonyl (C=O) groups is 1. The first-order valence-electron chi connectivity index (χ1n) is 7.78. The van der Waals surface area contributed by atoms with Crippen LogP contribution in [0.3, 0.4) is 0 Å². The van der Waals surface area contributed by atoms with Gasteiger partial charge in [0.2, 0.25) is 0 Å². The Balaban J connectivity index is 2.64. The van der Waals surface area contributed by atoms with Crippen LogP contribution in [-0.2, 0) is 5.41 Å². The van der Waals surface area contributed by atoms with Crippen molar-refractivity contribution in [2.45, 2.75) is 31.6 Å². The second-order valence-electron chi connectivity index (χ2n) is 5.53. The van der Waals surface area contributed by atoms with Gasteiger partial charge < -0.3 is 0 Å². The van der Waals surface area contributed by atoms with Crippen molar-refractivity contribution < 1.29 is 4.79 Å². The molecule has 0 bridgehead atoms. The zero-order valence-electron chi connectivity index (χ0n) is 13.1. The monoisotopic (exact) mass is 346 g/mol. The van der Waals surface area contributed by atoms with Gasteiger partial charge in [0, 0.05) is 16.1 Å². The summed E-state index contributed by atoms with van der Waals surface area (Å²) in [6, 6.07) is 18.9. The van der Waals surface area contributed by atoms with E-state index in [1.54, 1.807) is 0 Å². The Morgan fingerprint density at radius 3 is 2.13 bits per heavy atom. The first-order valence-corrected chi connectivity index (χ1v) is 8.60. The minimum atomic E-state index is -0.929. The summed E-state index contributed by atoms with van der Waals surface area (Å²) in [4.78, 5) is 13.4. The third-order valence-corrected chi connectivity index (χ3v) is 4.86. The minimum Gasteiger partial charge on any atom is -0.293 e. The first kappa shape index (κ1) is 17.8. The number of halogens is 2. The zero-order valence-corrected chi connectivity index (χ0v) is 14.6. The molecule has 1 unspecified atom stereocenters. The molecule has 120 valence electrons. The Labute approximate surface area is 147 Å². The summed E-state index contributed by atoms with van der Waals surface area (Å²) in [7, 11) is 0. The van der Waals surface area contributed by atoms with Crippen LogP contribution < -0.4 is 0 Å². The molecule has 0 fully saturated rings. The van der Waals surface area contributed by atoms with Gasteiger partial charge in [-0.15, -0.1) is 0 Å². The number of allylic oxidation sites excluding steroid dienone is 1. The lowest BCUT2D eigenvalue weighted by Crippen LogP contribution is -2.36. The number of hydrogen-bond donors (Lipinski definition) is 0. The first-order chi connectivity index (χ1) is 11.2. The van der Waals surface area contributed by atoms with Gasteiger partial charge in [-0.1, -0.05) is 104 Å². The maximum atomic E-state index is 13.4. The molecule has 0 aliphatic heterocycles. The molecule has 1 nitrogen and oxygen atoms in total. The van der Waals surface area contributed by atoms with E-state index in [4.69, 9.17) is 23.2 Å². The molecule has 0 aliphatic carbocycles. The van der Waals surface area contributed by atoms with E-state index < -0.39 is 5.41 Å². The molecule has 0 saturated carbocycles. The van der Waals surface area contributed by atoms with Gasteiger partial charge in [-0.2, -0.15) is 0 Å². The number of ketones is 1. The van der Waals surface area contributed by atoms with E-state index in [9.17, 15) is 4.79 Å². The number of carbonyl (C=O) groups excluding carboxylic acids is 1. The molecule has 23 heavy (non-hydrogen) atoms. The molecule has 0 amide bonds. The second-order valence-corrected chi connectivity index (χ2v) is 6.15. The summed E-state index contributed by atoms with van der Waals surface area (Å²) in [6.07, 6.45) is 2.49. The zero-order chi connectivity index (χ0) is 16.7. The summed E-state index contributed by atoms with van der Waals surface area (Å²) in [5, 5.41) is 0.368. The molecule has 0 heterocycles. The van der Waals surface area contributed by atoms with E-state index in [2.05, 4.69) is 6.92 Å². The molecule has 0 radical (unpaired) electrons. The number of benzene rings is 2. The fourth-order valence-electron chi connectivity index (χ4n) is 2.85. The molecule has 2 aromatic rings. The highest BCUT2D eigenvalue weighted by atomic mass is 35.5. The van der Waals surface area contributed by atoms with Gasteiger partial charge >= 0.3 is 0 Å². The third kappa shape index (κ3) is 3.68. The molecule has 2 aromatic carbocycles. The van der Waals surface area contributed by atoms with E-state index in [0.717, 1.165) is 18.4 Å². The lowest BCUT2D eigenvalue weighted by atomic mass is 9.71. The number of Topliss-reactive ketones (excluding diaryl/α,β-unsaturated/α-hetero) is 1. The molecular formula is C20H20Cl2O. The lowest BCUT2D eigenvalue weighted by Gasteiger charge is -2.32. The van der Waals surface area contributed by atoms with Crippen molar-refractivity contribution in [2.75, 3.05) is 0 Å². The van der Waals surface area contributed by atoms with E-state index in [0.29, 0.717) is 17.0 Å². The van der Waals surface area contributed by atoms with Crippen molar-refractivity contribution in [1.29, 1.82) is 0 Å². The van der Waals surface area contributed by atoms with E-state index in [1.165, 1.54) is 5.54 Å². The minimum absolute atomic E-state index is 0.0142. The number of hydrogen-bond acceptors (Lipinski definition) is 1. The molecular weight excluding hydrogens is 327 g/mol. The van der Waals surface area contributed by atoms with Crippen LogP contribution in [0, 0.1) is 0 Å². The van der Waals surface area contributed by atoms with Gasteiger partial charge in [-0.3, -0.25) is 4.79 Å². The normalized spacial score (nSPS) is 14.3. The molecule has 0 aliphatic rings. The van der Waals surface area contributed by atoms with Crippen LogP contribution in [0.5, 0.6) is 0 Å². The van der Waals surface area contributed by atoms with Gasteiger partial charge in [0.15, 0.2) is 5.78 Å². The van der Waals surface area contributed by atoms with Crippen LogP contribution in [0.25, 0.3) is 0 Å². The van der Waals surface area contributed by atoms with Crippen LogP contribution in [0.4, 0.5) is 0 Å². The van der Waals surface area contributed by atoms with E-state index in [-0.39, 0.29) is 5.78 Å². The lowest BCUT2D eigenvalue weighted by molar-refractivity contribution is 0.0905. The number of rotatable bonds is 7. The predicted octanol–water partition coefficient (Wildman–Crippen LogP) is 6.32. The van der Waals surface area contributed by atoms with Crippen molar-refractivity contribution in [3.63, 3.8) is 0 Å². The van der Waals surface area contributed by atoms with Crippen molar-refractivity contribution in [3.05, 3.63) is 82.4 Å². The topological polar surface area (TPSA) is 17.1 Å². The maximum Gasteiger partial charge on any atom is 0.178 e. The summed E-state index contributed by atoms with van der Waals surface area (Å²) in [5.74, 6) is -0.0142. The largest absolute Gasteiger partial charge is 0.293 e. The molecule has 3 heteroatoms. The molecule has 2 rings (SSSR count). The third-order valence-electron chi connectivity index (χ3n) is 4.10. The molecule has 0 aromatic heterocycles. The SMILES string of the molecule is CCCCC(C(=O)c1ccccc1)(/C(Cl)=C\Cl)c1ccccc1. The fraction of sp³-hybridized carbons (Fsp3) is 0.250. The molecule has 0 N–H and O–H groups in total. The maximum absolute atomic E-state index is 13.4. The molecule has 0 saturated heterocycles. The van der Waals surface area contributed by atoms with Crippen LogP contribution in [0.1, 0.15) is 42.1 Å². The highest BCUT2D eigenvalue weighted by Crippen LogP contribution is 2.42. The Morgan fingerprint density at radius 2 is 1.61 bits per heavy atom. The molecule has 0 spiro atoms. The van der Waals surface area contributed by atoms with Crippen molar-refractivity contribution in [3.8, 4) is 0 Å². The standard InChI is InChI=1S/C20H20Cl2O/c1-2-3-14-20(18(22)15-21,17-12-8-5-9-13-17)19(23)16-10-6-4-7-11-16/h4-13,15H,2-3,14H2,1H3/b18-15+. The van der Waals surface area contributed by atoms with Gasteiger partial charge in [0.1, 0.15) is 0 Å². The smallest absolute Gasteiger partial charge is 0.178 e. The van der Waals surface area contributed by atoms with E-state index >= 15 is 0 Å². The van der Waals surface area contributed by atoms with Gasteiger partial charge in [-0.05, 0) is 12.0 Å². The fourth-order valence-corrected chi connectivity index (χ4v) is 3.32. The highest BCUT2D eigenvalue weighted by molar-refractivity contribution is 6.39. The van der Waals surface area contributed by atoms with Gasteiger partial charge in [-0.25, -0.2) is 0 Å². The van der Waals surface area contributed by atoms with Crippen LogP contribution in [0.15, 0.2) is 71.2 Å². The van der Waals surface area contributed by atoms with Gasteiger partial charge in [0.05, 0.1) is 5.41 Å². The summed E-state index contributed by atoms with van der Waals surface area (Å²) in [5.41, 5.74) is 1.92. The van der Waals surface area contributed by atoms with Crippen LogP contribution in [-0.4, -0.2) is 5.78 Å². The Kier molecular flexibility index (Phi) is 6.44. The highest BCUT2D eigenvalue weighted by Gasteiger charge is 2.42. The van der Waals surface area contributed by atoms with E-state index in [1.807, 2.05) is 60.7 Å². The van der Waals surface area contributed by atoms with Crippen molar-refractivity contribution in [1.82, 2.24) is 0 Å². The van der Waals surface area contributed by atoms with Crippen molar-refractivity contribution in [2.24, 2.45) is 0 Å². The van der Waals surface area contributed by atoms with Gasteiger partial charge in [0.25, 0.3) is 0 Å². The number of unbranched alkanes of at least 4 members (excludes halogenated alkanes) is 1. The predicted molar refractivity (Wildman–Crippen MR) is 98.2 cm³/mol. The summed E-state index contributed by atoms with van der Waals surface area (Å²) in [6.45, 7) is 2.10. The van der Waals surface area contributed by atoms with Crippen LogP contribution in [0.2, 0.25) is 0 Å². The Hall–Kier alpha value is -1.57. The average Bonchev–Trinajstić information content (AvgIpc) is 2.63. The molecule has 1 atom stereocenters. The Morgan fingerprint density at radius 1 is 1.04 bits per heavy atom. The second kappa shape index (κ2) is 8.33. The quantitative estimate of drug-likeness (QED) is 0.536. The summed E-state index contributed by atoms with van der Waals surface area (Å²) < 4.78 is 0. The van der Waals surface area contributed by atoms with Crippen molar-refractivity contribution >= 4 is 29.0 Å².